The smallest absolute Gasteiger partial charge is 0.319 e. The number of carbonyl (C=O) groups is 3. The minimum absolute atomic E-state index is 0.134. The largest absolute Gasteiger partial charge is 0.465 e. The van der Waals surface area contributed by atoms with Gasteiger partial charge in [0.2, 0.25) is 5.91 Å². The topological polar surface area (TPSA) is 89.7 Å². The Morgan fingerprint density at radius 3 is 2.40 bits per heavy atom. The second-order valence-corrected chi connectivity index (χ2v) is 6.15. The number of rotatable bonds is 6. The molecule has 1 saturated heterocycles. The third-order valence-electron chi connectivity index (χ3n) is 4.00. The minimum Gasteiger partial charge on any atom is -0.465 e. The monoisotopic (exact) mass is 284 g/mol. The highest BCUT2D eigenvalue weighted by molar-refractivity contribution is 6.03. The predicted molar refractivity (Wildman–Crippen MR) is 73.8 cm³/mol. The zero-order valence-electron chi connectivity index (χ0n) is 12.7. The van der Waals surface area contributed by atoms with E-state index in [0.717, 1.165) is 0 Å². The Kier molecular flexibility index (Phi) is 4.91. The molecule has 6 nitrogen and oxygen atoms in total. The number of likely N-dealkylation sites (tertiary alicyclic amines) is 1. The lowest BCUT2D eigenvalue weighted by atomic mass is 9.87. The van der Waals surface area contributed by atoms with E-state index in [1.165, 1.54) is 0 Å². The number of hydrogen-bond acceptors (Lipinski definition) is 5. The summed E-state index contributed by atoms with van der Waals surface area (Å²) in [6.45, 7) is 8.10. The van der Waals surface area contributed by atoms with E-state index in [2.05, 4.69) is 0 Å². The first-order valence-electron chi connectivity index (χ1n) is 6.86. The average molecular weight is 284 g/mol. The Balaban J connectivity index is 2.64. The fourth-order valence-corrected chi connectivity index (χ4v) is 2.22. The first-order valence-corrected chi connectivity index (χ1v) is 6.86. The SMILES string of the molecule is CCOC(=O)C(C)(C)C(=O)CN1CCC(C)(C(N)=O)C1. The Labute approximate surface area is 119 Å². The van der Waals surface area contributed by atoms with Gasteiger partial charge in [-0.25, -0.2) is 0 Å². The lowest BCUT2D eigenvalue weighted by Gasteiger charge is -2.25. The van der Waals surface area contributed by atoms with Gasteiger partial charge in [0.05, 0.1) is 18.6 Å². The zero-order valence-corrected chi connectivity index (χ0v) is 12.7. The van der Waals surface area contributed by atoms with Crippen LogP contribution in [0.1, 0.15) is 34.1 Å². The van der Waals surface area contributed by atoms with E-state index < -0.39 is 16.8 Å². The summed E-state index contributed by atoms with van der Waals surface area (Å²) in [6, 6.07) is 0. The van der Waals surface area contributed by atoms with Gasteiger partial charge in [0.15, 0.2) is 5.78 Å². The summed E-state index contributed by atoms with van der Waals surface area (Å²) in [6.07, 6.45) is 0.634. The van der Waals surface area contributed by atoms with Gasteiger partial charge in [-0.2, -0.15) is 0 Å². The van der Waals surface area contributed by atoms with Gasteiger partial charge >= 0.3 is 5.97 Å². The molecule has 2 N–H and O–H groups in total. The molecule has 20 heavy (non-hydrogen) atoms. The number of carbonyl (C=O) groups excluding carboxylic acids is 3. The molecule has 1 atom stereocenters. The molecule has 0 aliphatic carbocycles. The van der Waals surface area contributed by atoms with Crippen molar-refractivity contribution in [2.75, 3.05) is 26.2 Å². The first-order chi connectivity index (χ1) is 9.13. The molecule has 0 bridgehead atoms. The average Bonchev–Trinajstić information content (AvgIpc) is 2.72. The van der Waals surface area contributed by atoms with Crippen LogP contribution in [0.25, 0.3) is 0 Å². The number of hydrogen-bond donors (Lipinski definition) is 1. The van der Waals surface area contributed by atoms with Crippen molar-refractivity contribution in [3.05, 3.63) is 0 Å². The van der Waals surface area contributed by atoms with Gasteiger partial charge in [0.25, 0.3) is 0 Å². The van der Waals surface area contributed by atoms with Crippen LogP contribution in [-0.4, -0.2) is 48.8 Å². The van der Waals surface area contributed by atoms with Crippen molar-refractivity contribution in [2.24, 2.45) is 16.6 Å². The Morgan fingerprint density at radius 1 is 1.35 bits per heavy atom. The molecule has 0 saturated carbocycles. The van der Waals surface area contributed by atoms with Crippen LogP contribution in [0, 0.1) is 10.8 Å². The van der Waals surface area contributed by atoms with Crippen LogP contribution in [-0.2, 0) is 19.1 Å². The fraction of sp³-hybridized carbons (Fsp3) is 0.786. The highest BCUT2D eigenvalue weighted by Gasteiger charge is 2.42. The summed E-state index contributed by atoms with van der Waals surface area (Å²) < 4.78 is 4.92. The van der Waals surface area contributed by atoms with Crippen LogP contribution in [0.5, 0.6) is 0 Å². The molecule has 1 amide bonds. The molecule has 0 radical (unpaired) electrons. The van der Waals surface area contributed by atoms with Crippen LogP contribution in [0.3, 0.4) is 0 Å². The lowest BCUT2D eigenvalue weighted by molar-refractivity contribution is -0.158. The molecule has 0 spiro atoms. The van der Waals surface area contributed by atoms with Crippen molar-refractivity contribution in [2.45, 2.75) is 34.1 Å². The van der Waals surface area contributed by atoms with E-state index in [4.69, 9.17) is 10.5 Å². The number of primary amides is 1. The third kappa shape index (κ3) is 3.36. The molecule has 1 aliphatic rings. The Hall–Kier alpha value is -1.43. The molecule has 6 heteroatoms. The lowest BCUT2D eigenvalue weighted by Crippen LogP contribution is -2.43. The highest BCUT2D eigenvalue weighted by atomic mass is 16.5. The molecule has 114 valence electrons. The molecule has 1 unspecified atom stereocenters. The number of ether oxygens (including phenoxy) is 1. The summed E-state index contributed by atoms with van der Waals surface area (Å²) in [4.78, 5) is 37.3. The van der Waals surface area contributed by atoms with Gasteiger partial charge in [-0.05, 0) is 40.7 Å². The van der Waals surface area contributed by atoms with Crippen molar-refractivity contribution in [3.8, 4) is 0 Å². The second-order valence-electron chi connectivity index (χ2n) is 6.15. The normalized spacial score (nSPS) is 23.6. The number of nitrogens with two attached hydrogens (primary N) is 1. The van der Waals surface area contributed by atoms with Gasteiger partial charge in [-0.15, -0.1) is 0 Å². The van der Waals surface area contributed by atoms with Gasteiger partial charge in [0, 0.05) is 6.54 Å². The van der Waals surface area contributed by atoms with Crippen molar-refractivity contribution in [1.82, 2.24) is 4.90 Å². The molecular weight excluding hydrogens is 260 g/mol. The van der Waals surface area contributed by atoms with Crippen LogP contribution in [0.15, 0.2) is 0 Å². The van der Waals surface area contributed by atoms with Crippen molar-refractivity contribution < 1.29 is 19.1 Å². The van der Waals surface area contributed by atoms with Crippen molar-refractivity contribution in [1.29, 1.82) is 0 Å². The maximum absolute atomic E-state index is 12.3. The van der Waals surface area contributed by atoms with Crippen molar-refractivity contribution >= 4 is 17.7 Å². The van der Waals surface area contributed by atoms with Crippen LogP contribution in [0.4, 0.5) is 0 Å². The molecule has 0 aromatic carbocycles. The molecule has 0 aromatic rings. The maximum Gasteiger partial charge on any atom is 0.319 e. The molecule has 0 aromatic heterocycles. The number of amides is 1. The molecule has 1 fully saturated rings. The van der Waals surface area contributed by atoms with Gasteiger partial charge in [-0.1, -0.05) is 0 Å². The van der Waals surface area contributed by atoms with E-state index in [0.29, 0.717) is 19.5 Å². The summed E-state index contributed by atoms with van der Waals surface area (Å²) in [7, 11) is 0. The van der Waals surface area contributed by atoms with E-state index in [1.54, 1.807) is 27.7 Å². The van der Waals surface area contributed by atoms with Crippen LogP contribution in [0.2, 0.25) is 0 Å². The van der Waals surface area contributed by atoms with E-state index in [1.807, 2.05) is 4.90 Å². The second kappa shape index (κ2) is 5.91. The van der Waals surface area contributed by atoms with E-state index >= 15 is 0 Å². The molecule has 1 aliphatic heterocycles. The fourth-order valence-electron chi connectivity index (χ4n) is 2.22. The first kappa shape index (κ1) is 16.6. The molecule has 1 heterocycles. The molecular formula is C14H24N2O4. The minimum atomic E-state index is -1.16. The van der Waals surface area contributed by atoms with Crippen molar-refractivity contribution in [3.63, 3.8) is 0 Å². The van der Waals surface area contributed by atoms with E-state index in [-0.39, 0.29) is 24.8 Å². The van der Waals surface area contributed by atoms with Crippen LogP contribution < -0.4 is 5.73 Å². The summed E-state index contributed by atoms with van der Waals surface area (Å²) >= 11 is 0. The Bertz CT molecular complexity index is 419. The standard InChI is InChI=1S/C14H24N2O4/c1-5-20-12(19)13(2,3)10(17)8-16-7-6-14(4,9-16)11(15)18/h5-9H2,1-4H3,(H2,15,18). The zero-order chi connectivity index (χ0) is 15.6. The Morgan fingerprint density at radius 2 is 1.95 bits per heavy atom. The predicted octanol–water partition coefficient (Wildman–Crippen LogP) is 0.342. The van der Waals surface area contributed by atoms with Gasteiger partial charge < -0.3 is 10.5 Å². The van der Waals surface area contributed by atoms with E-state index in [9.17, 15) is 14.4 Å². The molecule has 1 rings (SSSR count). The third-order valence-corrected chi connectivity index (χ3v) is 4.00. The summed E-state index contributed by atoms with van der Waals surface area (Å²) in [5.74, 6) is -1.07. The highest BCUT2D eigenvalue weighted by Crippen LogP contribution is 2.30. The number of ketones is 1. The summed E-state index contributed by atoms with van der Waals surface area (Å²) in [5, 5.41) is 0. The van der Waals surface area contributed by atoms with Gasteiger partial charge in [0.1, 0.15) is 5.41 Å². The quantitative estimate of drug-likeness (QED) is 0.561. The number of nitrogens with zero attached hydrogens (tertiary/aromatic N) is 1. The number of Topliss-reactive ketones (excluding diaryl/α,β-unsaturated/α-hetero) is 1. The van der Waals surface area contributed by atoms with Crippen LogP contribution >= 0.6 is 0 Å². The number of esters is 1. The summed E-state index contributed by atoms with van der Waals surface area (Å²) in [5.41, 5.74) is 3.62. The van der Waals surface area contributed by atoms with Gasteiger partial charge in [-0.3, -0.25) is 19.3 Å². The maximum atomic E-state index is 12.3.